The first-order chi connectivity index (χ1) is 25.7. The number of hydrogen-bond acceptors (Lipinski definition) is 8. The Kier molecular flexibility index (Phi) is 11.8. The first kappa shape index (κ1) is 39.4. The minimum Gasteiger partial charge on any atom is -0.494 e. The van der Waals surface area contributed by atoms with Crippen LogP contribution in [0.3, 0.4) is 0 Å². The Bertz CT molecular complexity index is 2300. The topological polar surface area (TPSA) is 152 Å². The van der Waals surface area contributed by atoms with Crippen LogP contribution in [-0.2, 0) is 23.5 Å². The number of aryl methyl sites for hydroxylation is 5. The monoisotopic (exact) mass is 796 g/mol. The number of piperidine rings is 1. The molecule has 0 bridgehead atoms. The van der Waals surface area contributed by atoms with Gasteiger partial charge in [0.2, 0.25) is 5.09 Å². The largest absolute Gasteiger partial charge is 0.494 e. The Labute approximate surface area is 325 Å². The number of hydrogen-bond donors (Lipinski definition) is 3. The maximum Gasteiger partial charge on any atom is 0.297 e. The molecule has 3 aromatic heterocycles. The van der Waals surface area contributed by atoms with E-state index in [1.165, 1.54) is 12.1 Å². The van der Waals surface area contributed by atoms with Crippen molar-refractivity contribution >= 4 is 55.9 Å². The van der Waals surface area contributed by atoms with E-state index in [0.29, 0.717) is 69.7 Å². The van der Waals surface area contributed by atoms with Crippen LogP contribution in [0.25, 0.3) is 22.0 Å². The lowest BCUT2D eigenvalue weighted by molar-refractivity contribution is 0.0903. The number of carbonyl (C=O) groups excluding carboxylic acids is 2. The molecule has 1 aliphatic heterocycles. The van der Waals surface area contributed by atoms with E-state index in [-0.39, 0.29) is 11.5 Å². The lowest BCUT2D eigenvalue weighted by Crippen LogP contribution is -2.38. The van der Waals surface area contributed by atoms with Crippen LogP contribution in [0.5, 0.6) is 5.75 Å². The summed E-state index contributed by atoms with van der Waals surface area (Å²) in [5.74, 6) is -0.562. The molecule has 5 aromatic rings. The summed E-state index contributed by atoms with van der Waals surface area (Å²) in [5.41, 5.74) is 6.10. The van der Waals surface area contributed by atoms with E-state index in [9.17, 15) is 18.0 Å². The molecule has 0 radical (unpaired) electrons. The quantitative estimate of drug-likeness (QED) is 0.105. The summed E-state index contributed by atoms with van der Waals surface area (Å²) in [7, 11) is -2.68. The van der Waals surface area contributed by atoms with Crippen molar-refractivity contribution in [2.24, 2.45) is 13.0 Å². The Morgan fingerprint density at radius 3 is 2.37 bits per heavy atom. The predicted octanol–water partition coefficient (Wildman–Crippen LogP) is 7.29. The van der Waals surface area contributed by atoms with Crippen molar-refractivity contribution < 1.29 is 27.2 Å². The molecule has 54 heavy (non-hydrogen) atoms. The smallest absolute Gasteiger partial charge is 0.297 e. The molecule has 2 aromatic carbocycles. The van der Waals surface area contributed by atoms with Crippen LogP contribution >= 0.6 is 23.2 Å². The van der Waals surface area contributed by atoms with Gasteiger partial charge in [0, 0.05) is 40.8 Å². The second kappa shape index (κ2) is 16.2. The van der Waals surface area contributed by atoms with Gasteiger partial charge in [-0.05, 0) is 126 Å². The lowest BCUT2D eigenvalue weighted by atomic mass is 9.97. The maximum absolute atomic E-state index is 14.0. The number of ether oxygens (including phenoxy) is 1. The summed E-state index contributed by atoms with van der Waals surface area (Å²) in [5, 5.41) is 8.70. The van der Waals surface area contributed by atoms with E-state index in [1.54, 1.807) is 10.7 Å². The van der Waals surface area contributed by atoms with E-state index in [2.05, 4.69) is 31.9 Å². The maximum atomic E-state index is 14.0. The number of nitrogens with one attached hydrogen (secondary N) is 3. The Hall–Kier alpha value is -4.30. The van der Waals surface area contributed by atoms with E-state index < -0.39 is 26.9 Å². The molecule has 288 valence electrons. The summed E-state index contributed by atoms with van der Waals surface area (Å²) in [6, 6.07) is 9.78. The zero-order valence-corrected chi connectivity index (χ0v) is 33.7. The highest BCUT2D eigenvalue weighted by atomic mass is 35.5. The summed E-state index contributed by atoms with van der Waals surface area (Å²) < 4.78 is 42.5. The molecule has 2 amide bonds. The average molecular weight is 798 g/mol. The fraction of sp³-hybridized carbons (Fsp3) is 0.410. The number of aromatic nitrogens is 3. The van der Waals surface area contributed by atoms with E-state index in [1.807, 2.05) is 52.9 Å². The number of furan rings is 1. The SMILES string of the molecule is CCN1CCC(CNC(=O)c2ccc(S(=O)(=O)NC(=O)c3[nH]c4c(-c5c(C)nn(C)c5C)c(Cl)ccc4c3CCCOc3cc(C)c(Cl)c(C)c3)o2)CC1. The van der Waals surface area contributed by atoms with Gasteiger partial charge in [0.15, 0.2) is 5.76 Å². The highest BCUT2D eigenvalue weighted by molar-refractivity contribution is 7.90. The summed E-state index contributed by atoms with van der Waals surface area (Å²) in [6.45, 7) is 13.5. The van der Waals surface area contributed by atoms with Crippen LogP contribution in [-0.4, -0.2) is 72.7 Å². The van der Waals surface area contributed by atoms with Gasteiger partial charge in [-0.3, -0.25) is 14.3 Å². The lowest BCUT2D eigenvalue weighted by Gasteiger charge is -2.30. The minimum absolute atomic E-state index is 0.0492. The molecular formula is C39H46Cl2N6O6S. The molecule has 12 nitrogen and oxygen atoms in total. The molecule has 15 heteroatoms. The normalized spacial score (nSPS) is 14.1. The Morgan fingerprint density at radius 2 is 1.72 bits per heavy atom. The first-order valence-electron chi connectivity index (χ1n) is 18.1. The standard InChI is InChI=1S/C39H46Cl2N6O6S/c1-7-47-16-14-26(15-17-47)21-42-38(48)31-12-13-32(53-31)54(50,51)45-39(49)37-28(9-8-18-52-27-19-22(2)35(41)23(3)20-27)29-10-11-30(40)34(36(29)43-37)33-24(4)44-46(6)25(33)5/h10-13,19-20,26,43H,7-9,14-18,21H2,1-6H3,(H,42,48)(H,45,49). The van der Waals surface area contributed by atoms with Crippen molar-refractivity contribution in [2.45, 2.75) is 65.4 Å². The van der Waals surface area contributed by atoms with Crippen LogP contribution in [0.15, 0.2) is 45.9 Å². The van der Waals surface area contributed by atoms with Gasteiger partial charge in [0.25, 0.3) is 21.8 Å². The number of benzene rings is 2. The third kappa shape index (κ3) is 8.19. The van der Waals surface area contributed by atoms with Crippen molar-refractivity contribution in [3.8, 4) is 16.9 Å². The number of halogens is 2. The zero-order chi connectivity index (χ0) is 38.9. The molecule has 0 saturated carbocycles. The number of carbonyl (C=O) groups is 2. The Balaban J connectivity index is 1.25. The molecule has 0 unspecified atom stereocenters. The van der Waals surface area contributed by atoms with Crippen LogP contribution in [0, 0.1) is 33.6 Å². The van der Waals surface area contributed by atoms with Gasteiger partial charge < -0.3 is 24.4 Å². The van der Waals surface area contributed by atoms with Crippen LogP contribution in [0.2, 0.25) is 10.0 Å². The molecule has 1 saturated heterocycles. The van der Waals surface area contributed by atoms with E-state index in [0.717, 1.165) is 60.6 Å². The molecule has 0 spiro atoms. The van der Waals surface area contributed by atoms with Gasteiger partial charge in [-0.1, -0.05) is 36.2 Å². The highest BCUT2D eigenvalue weighted by Crippen LogP contribution is 2.40. The molecule has 1 aliphatic rings. The summed E-state index contributed by atoms with van der Waals surface area (Å²) >= 11 is 13.2. The van der Waals surface area contributed by atoms with Crippen molar-refractivity contribution in [1.82, 2.24) is 29.7 Å². The molecule has 4 heterocycles. The first-order valence-corrected chi connectivity index (χ1v) is 20.3. The van der Waals surface area contributed by atoms with Crippen molar-refractivity contribution in [3.63, 3.8) is 0 Å². The van der Waals surface area contributed by atoms with E-state index in [4.69, 9.17) is 32.4 Å². The van der Waals surface area contributed by atoms with Gasteiger partial charge in [-0.2, -0.15) is 13.5 Å². The molecule has 6 rings (SSSR count). The zero-order valence-electron chi connectivity index (χ0n) is 31.4. The second-order valence-electron chi connectivity index (χ2n) is 14.0. The number of rotatable bonds is 13. The molecule has 1 fully saturated rings. The van der Waals surface area contributed by atoms with Gasteiger partial charge in [0.05, 0.1) is 22.8 Å². The summed E-state index contributed by atoms with van der Waals surface area (Å²) in [4.78, 5) is 32.5. The van der Waals surface area contributed by atoms with Gasteiger partial charge >= 0.3 is 0 Å². The van der Waals surface area contributed by atoms with Gasteiger partial charge in [0.1, 0.15) is 11.4 Å². The minimum atomic E-state index is -4.52. The predicted molar refractivity (Wildman–Crippen MR) is 210 cm³/mol. The number of fused-ring (bicyclic) bond motifs is 1. The fourth-order valence-corrected chi connectivity index (χ4v) is 8.45. The molecule has 0 atom stereocenters. The number of aromatic amines is 1. The van der Waals surface area contributed by atoms with Crippen LogP contribution in [0.1, 0.15) is 75.3 Å². The van der Waals surface area contributed by atoms with E-state index >= 15 is 0 Å². The average Bonchev–Trinajstić information content (AvgIpc) is 3.85. The van der Waals surface area contributed by atoms with Crippen LogP contribution < -0.4 is 14.8 Å². The van der Waals surface area contributed by atoms with Gasteiger partial charge in [-0.25, -0.2) is 4.72 Å². The molecule has 3 N–H and O–H groups in total. The Morgan fingerprint density at radius 1 is 1.02 bits per heavy atom. The third-order valence-electron chi connectivity index (χ3n) is 10.3. The highest BCUT2D eigenvalue weighted by Gasteiger charge is 2.29. The van der Waals surface area contributed by atoms with Crippen molar-refractivity contribution in [1.29, 1.82) is 0 Å². The van der Waals surface area contributed by atoms with Crippen molar-refractivity contribution in [3.05, 3.63) is 86.0 Å². The number of H-pyrrole nitrogens is 1. The van der Waals surface area contributed by atoms with Gasteiger partial charge in [-0.15, -0.1) is 0 Å². The number of nitrogens with zero attached hydrogens (tertiary/aromatic N) is 3. The number of sulfonamides is 1. The third-order valence-corrected chi connectivity index (χ3v) is 12.4. The fourth-order valence-electron chi connectivity index (χ4n) is 7.20. The van der Waals surface area contributed by atoms with Crippen molar-refractivity contribution in [2.75, 3.05) is 32.8 Å². The molecular weight excluding hydrogens is 751 g/mol. The second-order valence-corrected chi connectivity index (χ2v) is 16.4. The molecule has 0 aliphatic carbocycles. The number of amides is 2. The number of likely N-dealkylation sites (tertiary alicyclic amines) is 1. The van der Waals surface area contributed by atoms with Crippen LogP contribution in [0.4, 0.5) is 0 Å². The summed E-state index contributed by atoms with van der Waals surface area (Å²) in [6.07, 6.45) is 2.80.